The summed E-state index contributed by atoms with van der Waals surface area (Å²) in [6.45, 7) is -0.829. The van der Waals surface area contributed by atoms with E-state index in [0.29, 0.717) is 22.8 Å². The van der Waals surface area contributed by atoms with E-state index in [1.54, 1.807) is 24.3 Å². The van der Waals surface area contributed by atoms with Crippen LogP contribution in [-0.2, 0) is 22.4 Å². The summed E-state index contributed by atoms with van der Waals surface area (Å²) in [6.07, 6.45) is -10.4. The van der Waals surface area contributed by atoms with E-state index in [9.17, 15) is 34.8 Å². The molecular formula is C22H17F6N5O4S. The molecule has 1 N–H and O–H groups in total. The number of hydrogen-bond donors (Lipinski definition) is 1. The third-order valence-corrected chi connectivity index (χ3v) is 6.52. The molecule has 0 bridgehead atoms. The normalized spacial score (nSPS) is 12.6. The molecule has 2 aromatic carbocycles. The molecule has 0 spiro atoms. The van der Waals surface area contributed by atoms with Gasteiger partial charge in [-0.15, -0.1) is 15.3 Å². The molecule has 0 radical (unpaired) electrons. The lowest BCUT2D eigenvalue weighted by Gasteiger charge is -2.15. The first kappa shape index (κ1) is 27.1. The molecule has 0 amide bonds. The fourth-order valence-electron chi connectivity index (χ4n) is 3.29. The summed E-state index contributed by atoms with van der Waals surface area (Å²) in [5.41, 5.74) is -2.49. The number of fused-ring (bicyclic) bond motifs is 1. The third kappa shape index (κ3) is 5.96. The summed E-state index contributed by atoms with van der Waals surface area (Å²) < 4.78 is 117. The van der Waals surface area contributed by atoms with Crippen LogP contribution in [0.4, 0.5) is 26.3 Å². The van der Waals surface area contributed by atoms with Crippen molar-refractivity contribution in [1.82, 2.24) is 24.5 Å². The van der Waals surface area contributed by atoms with Gasteiger partial charge in [-0.25, -0.2) is 13.1 Å². The van der Waals surface area contributed by atoms with Crippen LogP contribution < -0.4 is 14.2 Å². The molecule has 38 heavy (non-hydrogen) atoms. The van der Waals surface area contributed by atoms with Crippen molar-refractivity contribution in [3.63, 3.8) is 0 Å². The Hall–Kier alpha value is -3.92. The van der Waals surface area contributed by atoms with E-state index in [1.807, 2.05) is 4.72 Å². The number of methoxy groups -OCH3 is 1. The van der Waals surface area contributed by atoms with Gasteiger partial charge >= 0.3 is 12.4 Å². The van der Waals surface area contributed by atoms with Crippen molar-refractivity contribution < 1.29 is 44.2 Å². The fourth-order valence-corrected chi connectivity index (χ4v) is 4.37. The van der Waals surface area contributed by atoms with Crippen LogP contribution in [0.2, 0.25) is 0 Å². The van der Waals surface area contributed by atoms with Gasteiger partial charge in [0.2, 0.25) is 15.9 Å². The van der Waals surface area contributed by atoms with Gasteiger partial charge in [0.1, 0.15) is 12.4 Å². The minimum atomic E-state index is -5.19. The number of nitrogens with one attached hydrogen (secondary N) is 1. The van der Waals surface area contributed by atoms with Crippen LogP contribution in [0.15, 0.2) is 59.5 Å². The van der Waals surface area contributed by atoms with Crippen LogP contribution in [0.25, 0.3) is 17.0 Å². The second-order valence-corrected chi connectivity index (χ2v) is 9.45. The highest BCUT2D eigenvalue weighted by Crippen LogP contribution is 2.37. The molecule has 2 heterocycles. The Bertz CT molecular complexity index is 1540. The smallest absolute Gasteiger partial charge is 0.416 e. The number of benzene rings is 2. The quantitative estimate of drug-likeness (QED) is 0.254. The van der Waals surface area contributed by atoms with E-state index in [2.05, 4.69) is 15.3 Å². The zero-order chi connectivity index (χ0) is 27.7. The average Bonchev–Trinajstić information content (AvgIpc) is 3.29. The maximum absolute atomic E-state index is 13.1. The predicted octanol–water partition coefficient (Wildman–Crippen LogP) is 4.19. The minimum absolute atomic E-state index is 0.0269. The summed E-state index contributed by atoms with van der Waals surface area (Å²) in [7, 11) is -3.24. The first-order chi connectivity index (χ1) is 17.8. The number of rotatable bonds is 8. The van der Waals surface area contributed by atoms with Gasteiger partial charge in [0, 0.05) is 18.2 Å². The highest BCUT2D eigenvalue weighted by molar-refractivity contribution is 7.89. The lowest BCUT2D eigenvalue weighted by atomic mass is 10.1. The molecule has 4 rings (SSSR count). The number of ether oxygens (including phenoxy) is 2. The molecule has 0 fully saturated rings. The van der Waals surface area contributed by atoms with E-state index in [4.69, 9.17) is 9.47 Å². The highest BCUT2D eigenvalue weighted by Gasteiger charge is 2.38. The van der Waals surface area contributed by atoms with Gasteiger partial charge in [0.25, 0.3) is 0 Å². The summed E-state index contributed by atoms with van der Waals surface area (Å²) >= 11 is 0. The van der Waals surface area contributed by atoms with Crippen molar-refractivity contribution in [2.75, 3.05) is 20.3 Å². The van der Waals surface area contributed by atoms with Crippen molar-refractivity contribution in [3.8, 4) is 23.0 Å². The van der Waals surface area contributed by atoms with Gasteiger partial charge in [-0.2, -0.15) is 30.9 Å². The first-order valence-corrected chi connectivity index (χ1v) is 12.0. The maximum Gasteiger partial charge on any atom is 0.416 e. The van der Waals surface area contributed by atoms with Gasteiger partial charge in [-0.05, 0) is 36.4 Å². The lowest BCUT2D eigenvalue weighted by Crippen LogP contribution is -2.29. The molecule has 0 saturated heterocycles. The lowest BCUT2D eigenvalue weighted by molar-refractivity contribution is -0.143. The average molecular weight is 561 g/mol. The van der Waals surface area contributed by atoms with Crippen LogP contribution in [0, 0.1) is 0 Å². The Morgan fingerprint density at radius 3 is 2.24 bits per heavy atom. The summed E-state index contributed by atoms with van der Waals surface area (Å²) in [4.78, 5) is -1.19. The number of alkyl halides is 6. The largest absolute Gasteiger partial charge is 0.497 e. The number of aromatic nitrogens is 4. The van der Waals surface area contributed by atoms with Crippen molar-refractivity contribution in [2.24, 2.45) is 0 Å². The monoisotopic (exact) mass is 561 g/mol. The predicted molar refractivity (Wildman–Crippen MR) is 120 cm³/mol. The summed E-state index contributed by atoms with van der Waals surface area (Å²) in [5, 5.41) is 12.3. The van der Waals surface area contributed by atoms with Crippen LogP contribution in [0.3, 0.4) is 0 Å². The molecule has 16 heteroatoms. The molecule has 2 aromatic heterocycles. The van der Waals surface area contributed by atoms with E-state index in [0.717, 1.165) is 0 Å². The molecule has 9 nitrogen and oxygen atoms in total. The van der Waals surface area contributed by atoms with E-state index >= 15 is 0 Å². The second kappa shape index (κ2) is 10.1. The minimum Gasteiger partial charge on any atom is -0.497 e. The number of hydrogen-bond acceptors (Lipinski definition) is 7. The van der Waals surface area contributed by atoms with Crippen LogP contribution >= 0.6 is 0 Å². The second-order valence-electron chi connectivity index (χ2n) is 7.68. The molecule has 4 aromatic rings. The van der Waals surface area contributed by atoms with E-state index in [-0.39, 0.29) is 30.7 Å². The SMILES string of the molecule is COc1cccc(-c2nnc3ccc(OCCNS(=O)(=O)c4cc(C(F)(F)F)cc(C(F)(F)F)c4)nn23)c1. The molecule has 0 aliphatic carbocycles. The van der Waals surface area contributed by atoms with E-state index in [1.165, 1.54) is 23.8 Å². The maximum atomic E-state index is 13.1. The third-order valence-electron chi connectivity index (χ3n) is 5.08. The van der Waals surface area contributed by atoms with Crippen LogP contribution in [0.1, 0.15) is 11.1 Å². The van der Waals surface area contributed by atoms with Gasteiger partial charge in [-0.3, -0.25) is 0 Å². The van der Waals surface area contributed by atoms with Gasteiger partial charge in [0.15, 0.2) is 11.5 Å². The Balaban J connectivity index is 1.48. The Kier molecular flexibility index (Phi) is 7.20. The van der Waals surface area contributed by atoms with Crippen molar-refractivity contribution in [2.45, 2.75) is 17.2 Å². The molecule has 0 unspecified atom stereocenters. The molecular weight excluding hydrogens is 544 g/mol. The van der Waals surface area contributed by atoms with Crippen LogP contribution in [0.5, 0.6) is 11.6 Å². The first-order valence-electron chi connectivity index (χ1n) is 10.6. The molecule has 202 valence electrons. The van der Waals surface area contributed by atoms with Gasteiger partial charge in [-0.1, -0.05) is 12.1 Å². The van der Waals surface area contributed by atoms with Gasteiger partial charge < -0.3 is 9.47 Å². The molecule has 0 aliphatic heterocycles. The Labute approximate surface area is 211 Å². The summed E-state index contributed by atoms with van der Waals surface area (Å²) in [5.74, 6) is 0.955. The molecule has 0 atom stereocenters. The molecule has 0 aliphatic rings. The Morgan fingerprint density at radius 1 is 0.921 bits per heavy atom. The summed E-state index contributed by atoms with van der Waals surface area (Å²) in [6, 6.07) is 9.98. The van der Waals surface area contributed by atoms with Crippen molar-refractivity contribution in [1.29, 1.82) is 0 Å². The Morgan fingerprint density at radius 2 is 1.61 bits per heavy atom. The number of sulfonamides is 1. The zero-order valence-electron chi connectivity index (χ0n) is 19.2. The molecule has 0 saturated carbocycles. The van der Waals surface area contributed by atoms with Gasteiger partial charge in [0.05, 0.1) is 23.1 Å². The zero-order valence-corrected chi connectivity index (χ0v) is 20.0. The standard InChI is InChI=1S/C22H17F6N5O4S/c1-36-16-4-2-3-13(9-16)20-31-30-18-5-6-19(32-33(18)20)37-8-7-29-38(34,35)17-11-14(21(23,24)25)10-15(12-17)22(26,27)28/h2-6,9-12,29H,7-8H2,1H3. The van der Waals surface area contributed by atoms with Crippen molar-refractivity contribution >= 4 is 15.7 Å². The van der Waals surface area contributed by atoms with Crippen LogP contribution in [-0.4, -0.2) is 48.5 Å². The number of halogens is 6. The fraction of sp³-hybridized carbons (Fsp3) is 0.227. The highest BCUT2D eigenvalue weighted by atomic mass is 32.2. The number of nitrogens with zero attached hydrogens (tertiary/aromatic N) is 4. The van der Waals surface area contributed by atoms with E-state index < -0.39 is 44.9 Å². The van der Waals surface area contributed by atoms with Crippen molar-refractivity contribution in [3.05, 3.63) is 65.7 Å². The topological polar surface area (TPSA) is 108 Å².